The molecule has 0 bridgehead atoms. The highest BCUT2D eigenvalue weighted by molar-refractivity contribution is 6.31. The molecule has 0 aliphatic carbocycles. The predicted octanol–water partition coefficient (Wildman–Crippen LogP) is 3.34. The summed E-state index contributed by atoms with van der Waals surface area (Å²) in [5.74, 6) is 1.36. The minimum atomic E-state index is -0.453. The minimum Gasteiger partial charge on any atom is -0.333 e. The van der Waals surface area contributed by atoms with Gasteiger partial charge in [0.2, 0.25) is 5.91 Å². The van der Waals surface area contributed by atoms with Gasteiger partial charge in [-0.15, -0.1) is 10.2 Å². The smallest absolute Gasteiger partial charge is 0.227 e. The van der Waals surface area contributed by atoms with Crippen LogP contribution in [0.2, 0.25) is 5.02 Å². The average Bonchev–Trinajstić information content (AvgIpc) is 2.95. The van der Waals surface area contributed by atoms with Gasteiger partial charge in [-0.3, -0.25) is 4.79 Å². The van der Waals surface area contributed by atoms with E-state index in [-0.39, 0.29) is 34.9 Å². The molecular weight excluding hydrogens is 331 g/mol. The summed E-state index contributed by atoms with van der Waals surface area (Å²) in [6.45, 7) is 7.11. The summed E-state index contributed by atoms with van der Waals surface area (Å²) in [6.07, 6.45) is -0.0522. The van der Waals surface area contributed by atoms with Crippen LogP contribution in [0.5, 0.6) is 0 Å². The number of benzene rings is 1. The van der Waals surface area contributed by atoms with Crippen molar-refractivity contribution in [1.82, 2.24) is 19.7 Å². The van der Waals surface area contributed by atoms with Crippen molar-refractivity contribution in [3.05, 3.63) is 46.3 Å². The molecule has 7 heteroatoms. The van der Waals surface area contributed by atoms with Crippen LogP contribution in [0.25, 0.3) is 0 Å². The van der Waals surface area contributed by atoms with E-state index in [4.69, 9.17) is 11.6 Å². The van der Waals surface area contributed by atoms with E-state index in [9.17, 15) is 9.18 Å². The normalized spacial score (nSPS) is 17.2. The lowest BCUT2D eigenvalue weighted by Crippen LogP contribution is -2.41. The lowest BCUT2D eigenvalue weighted by Gasteiger charge is -2.33. The van der Waals surface area contributed by atoms with Crippen molar-refractivity contribution < 1.29 is 9.18 Å². The Morgan fingerprint density at radius 2 is 2.17 bits per heavy atom. The molecular formula is C17H20ClFN4O. The van der Waals surface area contributed by atoms with Crippen LogP contribution in [0.4, 0.5) is 4.39 Å². The molecule has 0 radical (unpaired) electrons. The van der Waals surface area contributed by atoms with Gasteiger partial charge < -0.3 is 9.47 Å². The molecule has 1 amide bonds. The summed E-state index contributed by atoms with van der Waals surface area (Å²) in [4.78, 5) is 14.3. The Bertz CT molecular complexity index is 754. The molecule has 1 aromatic heterocycles. The third-order valence-electron chi connectivity index (χ3n) is 4.31. The van der Waals surface area contributed by atoms with E-state index in [2.05, 4.69) is 28.6 Å². The highest BCUT2D eigenvalue weighted by Crippen LogP contribution is 2.26. The summed E-state index contributed by atoms with van der Waals surface area (Å²) in [6, 6.07) is 4.53. The summed E-state index contributed by atoms with van der Waals surface area (Å²) in [7, 11) is 0. The van der Waals surface area contributed by atoms with Gasteiger partial charge in [-0.2, -0.15) is 0 Å². The Hall–Kier alpha value is -1.95. The Balaban J connectivity index is 1.80. The molecule has 1 aliphatic rings. The molecule has 0 fully saturated rings. The lowest BCUT2D eigenvalue weighted by atomic mass is 10.1. The fourth-order valence-electron chi connectivity index (χ4n) is 3.11. The van der Waals surface area contributed by atoms with E-state index >= 15 is 0 Å². The van der Waals surface area contributed by atoms with E-state index in [0.29, 0.717) is 13.1 Å². The van der Waals surface area contributed by atoms with E-state index in [0.717, 1.165) is 11.6 Å². The fraction of sp³-hybridized carbons (Fsp3) is 0.471. The van der Waals surface area contributed by atoms with Gasteiger partial charge in [0.1, 0.15) is 11.6 Å². The summed E-state index contributed by atoms with van der Waals surface area (Å²) < 4.78 is 16.0. The SMILES string of the molecule is CC(C)c1nnc2n1[C@@H](C)CN(C(=O)Cc1c(F)cccc1Cl)C2. The number of amides is 1. The van der Waals surface area contributed by atoms with Gasteiger partial charge in [-0.05, 0) is 19.1 Å². The first-order valence-corrected chi connectivity index (χ1v) is 8.40. The van der Waals surface area contributed by atoms with Crippen LogP contribution < -0.4 is 0 Å². The van der Waals surface area contributed by atoms with E-state index < -0.39 is 5.82 Å². The third kappa shape index (κ3) is 3.02. The maximum absolute atomic E-state index is 13.9. The third-order valence-corrected chi connectivity index (χ3v) is 4.66. The molecule has 0 saturated heterocycles. The number of carbonyl (C=O) groups is 1. The first kappa shape index (κ1) is 16.9. The number of rotatable bonds is 3. The minimum absolute atomic E-state index is 0.0522. The number of hydrogen-bond donors (Lipinski definition) is 0. The number of fused-ring (bicyclic) bond motifs is 1. The molecule has 2 heterocycles. The first-order chi connectivity index (χ1) is 11.4. The molecule has 0 unspecified atom stereocenters. The second-order valence-corrected chi connectivity index (χ2v) is 6.91. The van der Waals surface area contributed by atoms with Crippen LogP contribution in [0.3, 0.4) is 0 Å². The van der Waals surface area contributed by atoms with Crippen LogP contribution in [-0.2, 0) is 17.8 Å². The van der Waals surface area contributed by atoms with Crippen molar-refractivity contribution >= 4 is 17.5 Å². The van der Waals surface area contributed by atoms with Crippen molar-refractivity contribution in [3.8, 4) is 0 Å². The first-order valence-electron chi connectivity index (χ1n) is 8.02. The quantitative estimate of drug-likeness (QED) is 0.853. The number of carbonyl (C=O) groups excluding carboxylic acids is 1. The standard InChI is InChI=1S/C17H20ClFN4O/c1-10(2)17-21-20-15-9-22(8-11(3)23(15)17)16(24)7-12-13(18)5-4-6-14(12)19/h4-6,10-11H,7-9H2,1-3H3/t11-/m0/s1. The van der Waals surface area contributed by atoms with Gasteiger partial charge in [-0.1, -0.05) is 31.5 Å². The summed E-state index contributed by atoms with van der Waals surface area (Å²) in [5.41, 5.74) is 0.242. The largest absolute Gasteiger partial charge is 0.333 e. The number of hydrogen-bond acceptors (Lipinski definition) is 3. The van der Waals surface area contributed by atoms with E-state index in [1.165, 1.54) is 12.1 Å². The summed E-state index contributed by atoms with van der Waals surface area (Å²) in [5, 5.41) is 8.75. The topological polar surface area (TPSA) is 51.0 Å². The Morgan fingerprint density at radius 3 is 2.83 bits per heavy atom. The maximum Gasteiger partial charge on any atom is 0.227 e. The highest BCUT2D eigenvalue weighted by atomic mass is 35.5. The van der Waals surface area contributed by atoms with E-state index in [1.54, 1.807) is 11.0 Å². The molecule has 1 aliphatic heterocycles. The van der Waals surface area contributed by atoms with Crippen molar-refractivity contribution in [2.24, 2.45) is 0 Å². The van der Waals surface area contributed by atoms with Gasteiger partial charge in [-0.25, -0.2) is 4.39 Å². The second kappa shape index (κ2) is 6.51. The van der Waals surface area contributed by atoms with Crippen molar-refractivity contribution in [2.45, 2.75) is 45.7 Å². The van der Waals surface area contributed by atoms with Crippen molar-refractivity contribution in [3.63, 3.8) is 0 Å². The van der Waals surface area contributed by atoms with Crippen LogP contribution in [0.15, 0.2) is 18.2 Å². The Labute approximate surface area is 145 Å². The van der Waals surface area contributed by atoms with Crippen LogP contribution in [0, 0.1) is 5.82 Å². The monoisotopic (exact) mass is 350 g/mol. The van der Waals surface area contributed by atoms with E-state index in [1.807, 2.05) is 6.92 Å². The predicted molar refractivity (Wildman–Crippen MR) is 89.4 cm³/mol. The zero-order valence-corrected chi connectivity index (χ0v) is 14.7. The second-order valence-electron chi connectivity index (χ2n) is 6.50. The molecule has 24 heavy (non-hydrogen) atoms. The maximum atomic E-state index is 13.9. The molecule has 1 atom stereocenters. The molecule has 128 valence electrons. The Morgan fingerprint density at radius 1 is 1.42 bits per heavy atom. The van der Waals surface area contributed by atoms with Gasteiger partial charge >= 0.3 is 0 Å². The highest BCUT2D eigenvalue weighted by Gasteiger charge is 2.30. The van der Waals surface area contributed by atoms with Gasteiger partial charge in [0.05, 0.1) is 19.0 Å². The van der Waals surface area contributed by atoms with Crippen molar-refractivity contribution in [1.29, 1.82) is 0 Å². The van der Waals surface area contributed by atoms with Gasteiger partial charge in [0, 0.05) is 23.0 Å². The fourth-order valence-corrected chi connectivity index (χ4v) is 3.34. The molecule has 2 aromatic rings. The van der Waals surface area contributed by atoms with Gasteiger partial charge in [0.15, 0.2) is 5.82 Å². The zero-order valence-electron chi connectivity index (χ0n) is 14.0. The number of nitrogens with zero attached hydrogens (tertiary/aromatic N) is 4. The average molecular weight is 351 g/mol. The number of halogens is 2. The zero-order chi connectivity index (χ0) is 17.4. The van der Waals surface area contributed by atoms with Crippen molar-refractivity contribution in [2.75, 3.05) is 6.54 Å². The molecule has 3 rings (SSSR count). The van der Waals surface area contributed by atoms with Crippen LogP contribution in [-0.4, -0.2) is 32.1 Å². The molecule has 5 nitrogen and oxygen atoms in total. The molecule has 0 N–H and O–H groups in total. The molecule has 1 aromatic carbocycles. The lowest BCUT2D eigenvalue weighted by molar-refractivity contribution is -0.132. The Kier molecular flexibility index (Phi) is 4.58. The van der Waals surface area contributed by atoms with Crippen LogP contribution in [0.1, 0.15) is 49.9 Å². The molecule has 0 spiro atoms. The van der Waals surface area contributed by atoms with Gasteiger partial charge in [0.25, 0.3) is 0 Å². The van der Waals surface area contributed by atoms with Crippen LogP contribution >= 0.6 is 11.6 Å². The summed E-state index contributed by atoms with van der Waals surface area (Å²) >= 11 is 6.02. The number of aromatic nitrogens is 3. The molecule has 0 saturated carbocycles.